The van der Waals surface area contributed by atoms with E-state index in [0.29, 0.717) is 6.61 Å². The molecule has 0 spiro atoms. The Bertz CT molecular complexity index is 49.1. The van der Waals surface area contributed by atoms with Crippen molar-refractivity contribution in [2.24, 2.45) is 0 Å². The highest BCUT2D eigenvalue weighted by atomic mass is 31.2. The molecule has 0 fully saturated rings. The molecule has 0 heterocycles. The summed E-state index contributed by atoms with van der Waals surface area (Å²) in [4.78, 5) is 14.3. The highest BCUT2D eigenvalue weighted by Gasteiger charge is 1.88. The van der Waals surface area contributed by atoms with Crippen LogP contribution in [0.25, 0.3) is 0 Å². The highest BCUT2D eigenvalue weighted by molar-refractivity contribution is 7.38. The number of hydrogen-bond donors (Lipinski definition) is 1. The maximum atomic E-state index is 10.2. The number of rotatable bonds is 4. The normalized spacial score (nSPS) is 12.3. The van der Waals surface area contributed by atoms with Gasteiger partial charge in [-0.3, -0.25) is 0 Å². The topological polar surface area (TPSA) is 87.2 Å². The van der Waals surface area contributed by atoms with Crippen LogP contribution in [0, 0.1) is 0 Å². The number of quaternary nitrogens is 1. The van der Waals surface area contributed by atoms with Crippen molar-refractivity contribution >= 4 is 8.60 Å². The van der Waals surface area contributed by atoms with E-state index in [4.69, 9.17) is 0 Å². The molecule has 9 heavy (non-hydrogen) atoms. The van der Waals surface area contributed by atoms with Gasteiger partial charge in [-0.2, -0.15) is 0 Å². The molecule has 0 rings (SSSR count). The van der Waals surface area contributed by atoms with E-state index >= 15 is 0 Å². The van der Waals surface area contributed by atoms with Crippen molar-refractivity contribution < 1.29 is 19.0 Å². The molecule has 58 valence electrons. The average molecular weight is 157 g/mol. The summed E-state index contributed by atoms with van der Waals surface area (Å²) in [6.45, 7) is 2.07. The summed E-state index contributed by atoms with van der Waals surface area (Å²) >= 11 is 0. The minimum atomic E-state index is -2.05. The third-order valence-electron chi connectivity index (χ3n) is 0.370. The van der Waals surface area contributed by atoms with Gasteiger partial charge in [-0.15, -0.1) is 0 Å². The van der Waals surface area contributed by atoms with Crippen LogP contribution in [0.2, 0.25) is 0 Å². The van der Waals surface area contributed by atoms with Crippen molar-refractivity contribution in [3.05, 3.63) is 0 Å². The molecule has 0 amide bonds. The van der Waals surface area contributed by atoms with E-state index in [9.17, 15) is 4.89 Å². The second kappa shape index (κ2) is 8.23. The van der Waals surface area contributed by atoms with Gasteiger partial charge in [0, 0.05) is 6.61 Å². The second-order valence-corrected chi connectivity index (χ2v) is 1.74. The second-order valence-electron chi connectivity index (χ2n) is 0.883. The van der Waals surface area contributed by atoms with Crippen LogP contribution < -0.4 is 11.0 Å². The van der Waals surface area contributed by atoms with Crippen LogP contribution in [-0.4, -0.2) is 13.7 Å². The van der Waals surface area contributed by atoms with Crippen molar-refractivity contribution in [2.45, 2.75) is 6.92 Å². The molecule has 4 N–H and O–H groups in total. The van der Waals surface area contributed by atoms with Crippen LogP contribution in [0.3, 0.4) is 0 Å². The zero-order valence-corrected chi connectivity index (χ0v) is 6.68. The van der Waals surface area contributed by atoms with Crippen molar-refractivity contribution in [2.75, 3.05) is 13.7 Å². The van der Waals surface area contributed by atoms with Gasteiger partial charge in [0.1, 0.15) is 8.60 Å². The van der Waals surface area contributed by atoms with E-state index in [1.165, 1.54) is 7.11 Å². The minimum absolute atomic E-state index is 0. The van der Waals surface area contributed by atoms with Crippen LogP contribution >= 0.6 is 8.60 Å². The van der Waals surface area contributed by atoms with E-state index in [1.807, 2.05) is 0 Å². The molecule has 0 aliphatic heterocycles. The first kappa shape index (κ1) is 12.0. The van der Waals surface area contributed by atoms with E-state index in [1.54, 1.807) is 6.92 Å². The van der Waals surface area contributed by atoms with Gasteiger partial charge in [0.25, 0.3) is 0 Å². The van der Waals surface area contributed by atoms with Crippen molar-refractivity contribution in [3.63, 3.8) is 0 Å². The SMILES string of the molecule is CCOP([O-])OOC.[NH4+]. The quantitative estimate of drug-likeness (QED) is 0.367. The molecule has 0 aromatic carbocycles. The molecule has 0 bridgehead atoms. The molecule has 0 radical (unpaired) electrons. The summed E-state index contributed by atoms with van der Waals surface area (Å²) in [7, 11) is -0.783. The molecule has 5 nitrogen and oxygen atoms in total. The summed E-state index contributed by atoms with van der Waals surface area (Å²) in [5.41, 5.74) is 0. The first-order chi connectivity index (χ1) is 3.81. The lowest BCUT2D eigenvalue weighted by Crippen LogP contribution is -2.01. The average Bonchev–Trinajstić information content (AvgIpc) is 1.68. The third kappa shape index (κ3) is 8.23. The summed E-state index contributed by atoms with van der Waals surface area (Å²) in [6, 6.07) is 0. The summed E-state index contributed by atoms with van der Waals surface area (Å²) in [5, 5.41) is 0. The van der Waals surface area contributed by atoms with Gasteiger partial charge in [0.2, 0.25) is 0 Å². The molecule has 6 heteroatoms. The first-order valence-electron chi connectivity index (χ1n) is 2.12. The Morgan fingerprint density at radius 2 is 2.11 bits per heavy atom. The van der Waals surface area contributed by atoms with Crippen LogP contribution in [0.15, 0.2) is 0 Å². The van der Waals surface area contributed by atoms with Crippen LogP contribution in [0.4, 0.5) is 0 Å². The molecular formula is C3H12NO4P. The van der Waals surface area contributed by atoms with Gasteiger partial charge in [-0.1, -0.05) is 0 Å². The van der Waals surface area contributed by atoms with Crippen molar-refractivity contribution in [1.29, 1.82) is 0 Å². The number of hydrogen-bond acceptors (Lipinski definition) is 4. The fourth-order valence-electron chi connectivity index (χ4n) is 0.188. The Morgan fingerprint density at radius 3 is 2.44 bits per heavy atom. The van der Waals surface area contributed by atoms with Gasteiger partial charge < -0.3 is 15.6 Å². The third-order valence-corrected chi connectivity index (χ3v) is 1.11. The molecule has 0 saturated heterocycles. The van der Waals surface area contributed by atoms with E-state index < -0.39 is 8.60 Å². The largest absolute Gasteiger partial charge is 0.784 e. The lowest BCUT2D eigenvalue weighted by Gasteiger charge is -2.17. The van der Waals surface area contributed by atoms with Crippen LogP contribution in [0.1, 0.15) is 6.92 Å². The minimum Gasteiger partial charge on any atom is -0.784 e. The lowest BCUT2D eigenvalue weighted by atomic mass is 10.9. The zero-order valence-electron chi connectivity index (χ0n) is 5.79. The monoisotopic (exact) mass is 157 g/mol. The van der Waals surface area contributed by atoms with E-state index in [-0.39, 0.29) is 6.15 Å². The Balaban J connectivity index is 0. The molecule has 0 saturated carbocycles. The van der Waals surface area contributed by atoms with E-state index in [2.05, 4.69) is 14.1 Å². The fourth-order valence-corrected chi connectivity index (χ4v) is 0.563. The zero-order chi connectivity index (χ0) is 6.41. The smallest absolute Gasteiger partial charge is 0.125 e. The predicted molar refractivity (Wildman–Crippen MR) is 32.6 cm³/mol. The molecular weight excluding hydrogens is 145 g/mol. The lowest BCUT2D eigenvalue weighted by molar-refractivity contribution is -0.275. The maximum absolute atomic E-state index is 10.2. The molecule has 0 aliphatic rings. The Hall–Kier alpha value is 0.230. The van der Waals surface area contributed by atoms with E-state index in [0.717, 1.165) is 0 Å². The molecule has 0 aromatic rings. The molecule has 0 aliphatic carbocycles. The summed E-state index contributed by atoms with van der Waals surface area (Å²) in [6.07, 6.45) is 0. The van der Waals surface area contributed by atoms with Crippen molar-refractivity contribution in [1.82, 2.24) is 6.15 Å². The summed E-state index contributed by atoms with van der Waals surface area (Å²) < 4.78 is 8.51. The highest BCUT2D eigenvalue weighted by Crippen LogP contribution is 2.26. The Kier molecular flexibility index (Phi) is 10.9. The Labute approximate surface area is 55.4 Å². The maximum Gasteiger partial charge on any atom is 0.125 e. The van der Waals surface area contributed by atoms with Crippen LogP contribution in [-0.2, 0) is 14.1 Å². The molecule has 1 atom stereocenters. The molecule has 1 unspecified atom stereocenters. The molecule has 0 aromatic heterocycles. The van der Waals surface area contributed by atoms with Gasteiger partial charge >= 0.3 is 0 Å². The van der Waals surface area contributed by atoms with Gasteiger partial charge in [-0.05, 0) is 6.92 Å². The van der Waals surface area contributed by atoms with Crippen LogP contribution in [0.5, 0.6) is 0 Å². The predicted octanol–water partition coefficient (Wildman–Crippen LogP) is 0.564. The van der Waals surface area contributed by atoms with Gasteiger partial charge in [-0.25, -0.2) is 9.56 Å². The fraction of sp³-hybridized carbons (Fsp3) is 1.00. The van der Waals surface area contributed by atoms with Crippen molar-refractivity contribution in [3.8, 4) is 0 Å². The van der Waals surface area contributed by atoms with Gasteiger partial charge in [0.05, 0.1) is 7.11 Å². The van der Waals surface area contributed by atoms with Gasteiger partial charge in [0.15, 0.2) is 0 Å². The summed E-state index contributed by atoms with van der Waals surface area (Å²) in [5.74, 6) is 0. The first-order valence-corrected chi connectivity index (χ1v) is 3.21. The Morgan fingerprint density at radius 1 is 1.56 bits per heavy atom. The standard InChI is InChI=1S/C3H8O4P.H3N/c1-3-6-8(4)7-5-2;/h3H2,1-2H3;1H3/q-1;/p+1.